The van der Waals surface area contributed by atoms with E-state index in [0.717, 1.165) is 56.2 Å². The van der Waals surface area contributed by atoms with Crippen LogP contribution in [0.5, 0.6) is 0 Å². The van der Waals surface area contributed by atoms with Gasteiger partial charge >= 0.3 is 6.55 Å². The van der Waals surface area contributed by atoms with E-state index >= 15 is 0 Å². The molecule has 2 aliphatic heterocycles. The number of guanidine groups is 1. The Bertz CT molecular complexity index is 560. The molecular weight excluding hydrogens is 431 g/mol. The second-order valence-electron chi connectivity index (χ2n) is 6.17. The molecule has 3 rings (SSSR count). The largest absolute Gasteiger partial charge is 0.381 e. The van der Waals surface area contributed by atoms with Crippen molar-refractivity contribution in [2.24, 2.45) is 10.4 Å². The van der Waals surface area contributed by atoms with Gasteiger partial charge in [0.15, 0.2) is 5.96 Å². The Kier molecular flexibility index (Phi) is 6.79. The zero-order chi connectivity index (χ0) is 16.3. The highest BCUT2D eigenvalue weighted by molar-refractivity contribution is 14.0. The molecule has 0 radical (unpaired) electrons. The van der Waals surface area contributed by atoms with E-state index in [0.29, 0.717) is 0 Å². The Hall–Kier alpha value is -0.970. The molecule has 1 N–H and O–H groups in total. The fourth-order valence-electron chi connectivity index (χ4n) is 3.30. The van der Waals surface area contributed by atoms with Gasteiger partial charge in [-0.2, -0.15) is 8.78 Å². The van der Waals surface area contributed by atoms with Crippen LogP contribution in [0.15, 0.2) is 17.4 Å². The molecule has 1 spiro atoms. The Morgan fingerprint density at radius 3 is 3.00 bits per heavy atom. The molecule has 1 aromatic rings. The molecule has 6 nitrogen and oxygen atoms in total. The third kappa shape index (κ3) is 4.16. The maximum absolute atomic E-state index is 12.9. The van der Waals surface area contributed by atoms with E-state index in [9.17, 15) is 8.78 Å². The number of aromatic nitrogens is 2. The first-order valence-corrected chi connectivity index (χ1v) is 8.04. The number of halogens is 3. The van der Waals surface area contributed by atoms with Crippen LogP contribution in [0.4, 0.5) is 8.78 Å². The summed E-state index contributed by atoms with van der Waals surface area (Å²) in [6, 6.07) is 0. The van der Waals surface area contributed by atoms with Gasteiger partial charge in [-0.15, -0.1) is 24.0 Å². The van der Waals surface area contributed by atoms with Gasteiger partial charge < -0.3 is 15.0 Å². The number of likely N-dealkylation sites (tertiary alicyclic amines) is 1. The van der Waals surface area contributed by atoms with Gasteiger partial charge in [0.25, 0.3) is 0 Å². The van der Waals surface area contributed by atoms with Crippen molar-refractivity contribution >= 4 is 29.9 Å². The molecule has 0 bridgehead atoms. The van der Waals surface area contributed by atoms with Crippen LogP contribution in [-0.2, 0) is 11.3 Å². The zero-order valence-electron chi connectivity index (χ0n) is 13.8. The molecule has 0 saturated carbocycles. The Morgan fingerprint density at radius 2 is 2.33 bits per heavy atom. The molecule has 0 amide bonds. The number of ether oxygens (including phenoxy) is 1. The van der Waals surface area contributed by atoms with Gasteiger partial charge in [-0.25, -0.2) is 9.98 Å². The van der Waals surface area contributed by atoms with Crippen LogP contribution in [0.2, 0.25) is 0 Å². The Labute approximate surface area is 157 Å². The summed E-state index contributed by atoms with van der Waals surface area (Å²) in [6.07, 6.45) is 4.83. The number of aliphatic imine (C=N–C) groups is 1. The molecule has 1 aromatic heterocycles. The first-order valence-electron chi connectivity index (χ1n) is 8.04. The summed E-state index contributed by atoms with van der Waals surface area (Å²) in [5.41, 5.74) is 0.234. The molecule has 24 heavy (non-hydrogen) atoms. The number of nitrogens with zero attached hydrogens (tertiary/aromatic N) is 4. The summed E-state index contributed by atoms with van der Waals surface area (Å²) in [5.74, 6) is 1.04. The predicted octanol–water partition coefficient (Wildman–Crippen LogP) is 2.47. The number of rotatable bonds is 4. The highest BCUT2D eigenvalue weighted by Crippen LogP contribution is 2.38. The summed E-state index contributed by atoms with van der Waals surface area (Å²) in [6.45, 7) is 3.74. The molecule has 0 aromatic carbocycles. The molecule has 2 fully saturated rings. The van der Waals surface area contributed by atoms with Crippen molar-refractivity contribution in [3.63, 3.8) is 0 Å². The standard InChI is InChI=1S/C15H23F2N5O.HI/c1-2-18-14(20-9-12-19-5-7-22(12)13(16)17)21-6-3-15(10-21)4-8-23-11-15;/h5,7,13H,2-4,6,8-11H2,1H3,(H,18,20);1H. The zero-order valence-corrected chi connectivity index (χ0v) is 16.1. The van der Waals surface area contributed by atoms with Gasteiger partial charge in [-0.05, 0) is 19.8 Å². The summed E-state index contributed by atoms with van der Waals surface area (Å²) < 4.78 is 32.1. The van der Waals surface area contributed by atoms with Crippen molar-refractivity contribution in [1.82, 2.24) is 19.8 Å². The maximum atomic E-state index is 12.9. The van der Waals surface area contributed by atoms with Crippen LogP contribution in [0.1, 0.15) is 32.1 Å². The normalized spacial score (nSPS) is 24.0. The van der Waals surface area contributed by atoms with Crippen molar-refractivity contribution < 1.29 is 13.5 Å². The first-order chi connectivity index (χ1) is 11.1. The van der Waals surface area contributed by atoms with Crippen LogP contribution < -0.4 is 5.32 Å². The fourth-order valence-corrected chi connectivity index (χ4v) is 3.30. The van der Waals surface area contributed by atoms with E-state index in [1.807, 2.05) is 6.92 Å². The maximum Gasteiger partial charge on any atom is 0.319 e. The molecule has 2 saturated heterocycles. The Balaban J connectivity index is 0.00000208. The summed E-state index contributed by atoms with van der Waals surface area (Å²) in [4.78, 5) is 10.7. The molecule has 136 valence electrons. The third-order valence-electron chi connectivity index (χ3n) is 4.59. The highest BCUT2D eigenvalue weighted by Gasteiger charge is 2.42. The average Bonchev–Trinajstić information content (AvgIpc) is 3.25. The van der Waals surface area contributed by atoms with Crippen LogP contribution in [0.25, 0.3) is 0 Å². The minimum Gasteiger partial charge on any atom is -0.381 e. The number of hydrogen-bond donors (Lipinski definition) is 1. The number of alkyl halides is 2. The van der Waals surface area contributed by atoms with Crippen LogP contribution >= 0.6 is 24.0 Å². The molecule has 2 aliphatic rings. The van der Waals surface area contributed by atoms with E-state index in [2.05, 4.69) is 20.2 Å². The monoisotopic (exact) mass is 455 g/mol. The van der Waals surface area contributed by atoms with Crippen LogP contribution in [0, 0.1) is 5.41 Å². The topological polar surface area (TPSA) is 54.7 Å². The number of nitrogens with one attached hydrogen (secondary N) is 1. The van der Waals surface area contributed by atoms with Gasteiger partial charge in [0.1, 0.15) is 12.4 Å². The van der Waals surface area contributed by atoms with E-state index in [-0.39, 0.29) is 41.8 Å². The van der Waals surface area contributed by atoms with Gasteiger partial charge in [-0.1, -0.05) is 0 Å². The summed E-state index contributed by atoms with van der Waals surface area (Å²) in [7, 11) is 0. The quantitative estimate of drug-likeness (QED) is 0.431. The lowest BCUT2D eigenvalue weighted by Crippen LogP contribution is -2.41. The van der Waals surface area contributed by atoms with Crippen molar-refractivity contribution in [3.05, 3.63) is 18.2 Å². The van der Waals surface area contributed by atoms with Crippen LogP contribution in [-0.4, -0.2) is 53.3 Å². The van der Waals surface area contributed by atoms with Gasteiger partial charge in [-0.3, -0.25) is 4.57 Å². The van der Waals surface area contributed by atoms with Gasteiger partial charge in [0.2, 0.25) is 0 Å². The van der Waals surface area contributed by atoms with E-state index in [1.54, 1.807) is 0 Å². The second kappa shape index (κ2) is 8.41. The third-order valence-corrected chi connectivity index (χ3v) is 4.59. The van der Waals surface area contributed by atoms with E-state index < -0.39 is 6.55 Å². The molecule has 1 unspecified atom stereocenters. The number of imidazole rings is 1. The highest BCUT2D eigenvalue weighted by atomic mass is 127. The van der Waals surface area contributed by atoms with Gasteiger partial charge in [0, 0.05) is 44.0 Å². The van der Waals surface area contributed by atoms with Crippen molar-refractivity contribution in [1.29, 1.82) is 0 Å². The average molecular weight is 455 g/mol. The lowest BCUT2D eigenvalue weighted by molar-refractivity contribution is 0.0671. The Morgan fingerprint density at radius 1 is 1.50 bits per heavy atom. The van der Waals surface area contributed by atoms with Crippen molar-refractivity contribution in [3.8, 4) is 0 Å². The first kappa shape index (κ1) is 19.4. The summed E-state index contributed by atoms with van der Waals surface area (Å²) >= 11 is 0. The lowest BCUT2D eigenvalue weighted by atomic mass is 9.87. The van der Waals surface area contributed by atoms with E-state index in [1.165, 1.54) is 12.4 Å². The molecule has 0 aliphatic carbocycles. The van der Waals surface area contributed by atoms with Crippen molar-refractivity contribution in [2.75, 3.05) is 32.8 Å². The minimum atomic E-state index is -2.59. The van der Waals surface area contributed by atoms with Crippen LogP contribution in [0.3, 0.4) is 0 Å². The lowest BCUT2D eigenvalue weighted by Gasteiger charge is -2.24. The molecule has 3 heterocycles. The number of hydrogen-bond acceptors (Lipinski definition) is 3. The molecular formula is C15H24F2IN5O. The van der Waals surface area contributed by atoms with Crippen molar-refractivity contribution in [2.45, 2.75) is 32.9 Å². The molecule has 1 atom stereocenters. The smallest absolute Gasteiger partial charge is 0.319 e. The minimum absolute atomic E-state index is 0. The van der Waals surface area contributed by atoms with E-state index in [4.69, 9.17) is 4.74 Å². The van der Waals surface area contributed by atoms with Gasteiger partial charge in [0.05, 0.1) is 6.61 Å². The predicted molar refractivity (Wildman–Crippen MR) is 97.8 cm³/mol. The fraction of sp³-hybridized carbons (Fsp3) is 0.733. The summed E-state index contributed by atoms with van der Waals surface area (Å²) in [5, 5.41) is 3.25. The second-order valence-corrected chi connectivity index (χ2v) is 6.17. The SMILES string of the molecule is CCNC(=NCc1nccn1C(F)F)N1CCC2(CCOC2)C1.I. The molecule has 9 heteroatoms.